The minimum absolute atomic E-state index is 0.0315. The molecule has 0 aliphatic carbocycles. The summed E-state index contributed by atoms with van der Waals surface area (Å²) >= 11 is 0. The second-order valence-electron chi connectivity index (χ2n) is 7.84. The Morgan fingerprint density at radius 3 is 2.33 bits per heavy atom. The molecular weight excluding hydrogens is 372 g/mol. The molecule has 152 valence electrons. The quantitative estimate of drug-likeness (QED) is 0.647. The molecular formula is C26H26N2O2. The van der Waals surface area contributed by atoms with E-state index in [-0.39, 0.29) is 30.2 Å². The highest BCUT2D eigenvalue weighted by atomic mass is 16.2. The van der Waals surface area contributed by atoms with Gasteiger partial charge in [0.25, 0.3) is 0 Å². The lowest BCUT2D eigenvalue weighted by atomic mass is 10.0. The number of hydrogen-bond acceptors (Lipinski definition) is 2. The summed E-state index contributed by atoms with van der Waals surface area (Å²) in [6.07, 6.45) is 1.00. The maximum atomic E-state index is 13.0. The molecule has 1 aliphatic rings. The zero-order chi connectivity index (χ0) is 20.9. The summed E-state index contributed by atoms with van der Waals surface area (Å²) in [6.45, 7) is 2.46. The lowest BCUT2D eigenvalue weighted by Gasteiger charge is -2.25. The van der Waals surface area contributed by atoms with Crippen molar-refractivity contribution in [2.24, 2.45) is 5.92 Å². The van der Waals surface area contributed by atoms with Gasteiger partial charge in [-0.25, -0.2) is 0 Å². The molecule has 4 heteroatoms. The van der Waals surface area contributed by atoms with Gasteiger partial charge in [-0.1, -0.05) is 78.9 Å². The van der Waals surface area contributed by atoms with Crippen molar-refractivity contribution >= 4 is 17.5 Å². The van der Waals surface area contributed by atoms with Gasteiger partial charge in [-0.15, -0.1) is 0 Å². The predicted octanol–water partition coefficient (Wildman–Crippen LogP) is 4.83. The lowest BCUT2D eigenvalue weighted by molar-refractivity contribution is -0.129. The van der Waals surface area contributed by atoms with Crippen LogP contribution < -0.4 is 5.32 Å². The Bertz CT molecular complexity index is 1020. The zero-order valence-corrected chi connectivity index (χ0v) is 17.1. The van der Waals surface area contributed by atoms with Crippen molar-refractivity contribution in [3.05, 3.63) is 102 Å². The second kappa shape index (κ2) is 8.95. The van der Waals surface area contributed by atoms with Crippen LogP contribution in [0.5, 0.6) is 0 Å². The molecule has 1 saturated heterocycles. The fourth-order valence-corrected chi connectivity index (χ4v) is 4.04. The third-order valence-corrected chi connectivity index (χ3v) is 5.79. The zero-order valence-electron chi connectivity index (χ0n) is 17.1. The average Bonchev–Trinajstić information content (AvgIpc) is 3.18. The number of rotatable bonds is 6. The second-order valence-corrected chi connectivity index (χ2v) is 7.84. The number of nitrogens with zero attached hydrogens (tertiary/aromatic N) is 1. The Morgan fingerprint density at radius 2 is 1.60 bits per heavy atom. The van der Waals surface area contributed by atoms with Crippen LogP contribution in [0.4, 0.5) is 5.69 Å². The van der Waals surface area contributed by atoms with Gasteiger partial charge in [-0.3, -0.25) is 9.59 Å². The van der Waals surface area contributed by atoms with Crippen molar-refractivity contribution in [1.82, 2.24) is 4.90 Å². The van der Waals surface area contributed by atoms with Crippen LogP contribution in [0.15, 0.2) is 84.9 Å². The molecule has 2 atom stereocenters. The van der Waals surface area contributed by atoms with Gasteiger partial charge in [0.15, 0.2) is 0 Å². The largest absolute Gasteiger partial charge is 0.335 e. The van der Waals surface area contributed by atoms with Crippen molar-refractivity contribution in [3.8, 4) is 0 Å². The molecule has 3 aromatic carbocycles. The van der Waals surface area contributed by atoms with Crippen molar-refractivity contribution in [2.45, 2.75) is 25.8 Å². The number of carbonyl (C=O) groups is 2. The van der Waals surface area contributed by atoms with E-state index in [4.69, 9.17) is 0 Å². The van der Waals surface area contributed by atoms with E-state index >= 15 is 0 Å². The molecule has 3 aromatic rings. The van der Waals surface area contributed by atoms with E-state index in [2.05, 4.69) is 17.4 Å². The number of nitrogens with one attached hydrogen (secondary N) is 1. The molecule has 1 fully saturated rings. The Labute approximate surface area is 177 Å². The van der Waals surface area contributed by atoms with Crippen molar-refractivity contribution in [1.29, 1.82) is 0 Å². The van der Waals surface area contributed by atoms with E-state index < -0.39 is 0 Å². The first-order valence-electron chi connectivity index (χ1n) is 10.4. The van der Waals surface area contributed by atoms with Gasteiger partial charge < -0.3 is 10.2 Å². The summed E-state index contributed by atoms with van der Waals surface area (Å²) in [4.78, 5) is 27.4. The third-order valence-electron chi connectivity index (χ3n) is 5.79. The molecule has 1 heterocycles. The third kappa shape index (κ3) is 4.43. The maximum Gasteiger partial charge on any atom is 0.229 e. The number of likely N-dealkylation sites (tertiary alicyclic amines) is 1. The SMILES string of the molecule is C[C@@H](c1ccccc1)N1C[C@@H](C(=O)Nc2ccccc2Cc2ccccc2)CC1=O. The van der Waals surface area contributed by atoms with Crippen LogP contribution in [0.2, 0.25) is 0 Å². The molecule has 0 unspecified atom stereocenters. The van der Waals surface area contributed by atoms with Gasteiger partial charge >= 0.3 is 0 Å². The molecule has 4 rings (SSSR count). The molecule has 0 aromatic heterocycles. The van der Waals surface area contributed by atoms with Crippen molar-refractivity contribution in [3.63, 3.8) is 0 Å². The summed E-state index contributed by atoms with van der Waals surface area (Å²) in [5.74, 6) is -0.399. The molecule has 1 N–H and O–H groups in total. The normalized spacial score (nSPS) is 17.0. The molecule has 0 saturated carbocycles. The van der Waals surface area contributed by atoms with Gasteiger partial charge in [-0.05, 0) is 36.1 Å². The van der Waals surface area contributed by atoms with Gasteiger partial charge in [0.1, 0.15) is 0 Å². The molecule has 30 heavy (non-hydrogen) atoms. The molecule has 1 aliphatic heterocycles. The van der Waals surface area contributed by atoms with Crippen LogP contribution >= 0.6 is 0 Å². The number of hydrogen-bond donors (Lipinski definition) is 1. The number of amides is 2. The fraction of sp³-hybridized carbons (Fsp3) is 0.231. The van der Waals surface area contributed by atoms with Crippen LogP contribution in [0, 0.1) is 5.92 Å². The molecule has 0 radical (unpaired) electrons. The summed E-state index contributed by atoms with van der Waals surface area (Å²) in [6, 6.07) is 28.0. The van der Waals surface area contributed by atoms with Crippen LogP contribution in [0.1, 0.15) is 36.1 Å². The van der Waals surface area contributed by atoms with E-state index in [0.717, 1.165) is 23.2 Å². The monoisotopic (exact) mass is 398 g/mol. The summed E-state index contributed by atoms with van der Waals surface area (Å²) in [7, 11) is 0. The van der Waals surface area contributed by atoms with Gasteiger partial charge in [-0.2, -0.15) is 0 Å². The van der Waals surface area contributed by atoms with E-state index in [0.29, 0.717) is 6.54 Å². The summed E-state index contributed by atoms with van der Waals surface area (Å²) < 4.78 is 0. The van der Waals surface area contributed by atoms with Crippen LogP contribution in [0.3, 0.4) is 0 Å². The van der Waals surface area contributed by atoms with E-state index in [1.165, 1.54) is 5.56 Å². The molecule has 0 bridgehead atoms. The Morgan fingerprint density at radius 1 is 0.967 bits per heavy atom. The highest BCUT2D eigenvalue weighted by molar-refractivity contribution is 5.97. The van der Waals surface area contributed by atoms with Crippen LogP contribution in [-0.4, -0.2) is 23.3 Å². The van der Waals surface area contributed by atoms with E-state index in [1.54, 1.807) is 0 Å². The van der Waals surface area contributed by atoms with Crippen molar-refractivity contribution < 1.29 is 9.59 Å². The number of carbonyl (C=O) groups excluding carboxylic acids is 2. The van der Waals surface area contributed by atoms with Crippen LogP contribution in [-0.2, 0) is 16.0 Å². The van der Waals surface area contributed by atoms with E-state index in [1.807, 2.05) is 84.6 Å². The predicted molar refractivity (Wildman–Crippen MR) is 119 cm³/mol. The van der Waals surface area contributed by atoms with Crippen LogP contribution in [0.25, 0.3) is 0 Å². The Kier molecular flexibility index (Phi) is 5.94. The first-order valence-corrected chi connectivity index (χ1v) is 10.4. The maximum absolute atomic E-state index is 13.0. The van der Waals surface area contributed by atoms with Gasteiger partial charge in [0.05, 0.1) is 12.0 Å². The summed E-state index contributed by atoms with van der Waals surface area (Å²) in [5, 5.41) is 3.07. The van der Waals surface area contributed by atoms with Gasteiger partial charge in [0, 0.05) is 18.7 Å². The molecule has 2 amide bonds. The highest BCUT2D eigenvalue weighted by Gasteiger charge is 2.37. The first kappa shape index (κ1) is 19.9. The Balaban J connectivity index is 1.44. The Hall–Kier alpha value is -3.40. The fourth-order valence-electron chi connectivity index (χ4n) is 4.04. The minimum atomic E-state index is -0.339. The molecule has 0 spiro atoms. The first-order chi connectivity index (χ1) is 14.6. The average molecular weight is 399 g/mol. The number of benzene rings is 3. The molecule has 4 nitrogen and oxygen atoms in total. The standard InChI is InChI=1S/C26H26N2O2/c1-19(21-12-6-3-7-13-21)28-18-23(17-25(28)29)26(30)27-24-15-9-8-14-22(24)16-20-10-4-2-5-11-20/h2-15,19,23H,16-18H2,1H3,(H,27,30)/t19-,23-/m0/s1. The minimum Gasteiger partial charge on any atom is -0.335 e. The number of anilines is 1. The highest BCUT2D eigenvalue weighted by Crippen LogP contribution is 2.29. The topological polar surface area (TPSA) is 49.4 Å². The smallest absolute Gasteiger partial charge is 0.229 e. The summed E-state index contributed by atoms with van der Waals surface area (Å²) in [5.41, 5.74) is 4.16. The van der Waals surface area contributed by atoms with Gasteiger partial charge in [0.2, 0.25) is 11.8 Å². The van der Waals surface area contributed by atoms with E-state index in [9.17, 15) is 9.59 Å². The lowest BCUT2D eigenvalue weighted by Crippen LogP contribution is -2.30. The van der Waals surface area contributed by atoms with Crippen molar-refractivity contribution in [2.75, 3.05) is 11.9 Å². The number of para-hydroxylation sites is 1.